The molecule has 0 aromatic heterocycles. The van der Waals surface area contributed by atoms with Crippen LogP contribution in [0.5, 0.6) is 0 Å². The highest BCUT2D eigenvalue weighted by Gasteiger charge is 2.29. The Labute approximate surface area is 200 Å². The molecule has 6 heteroatoms. The lowest BCUT2D eigenvalue weighted by Gasteiger charge is -2.16. The third-order valence-electron chi connectivity index (χ3n) is 5.60. The molecule has 0 radical (unpaired) electrons. The predicted octanol–water partition coefficient (Wildman–Crippen LogP) is 4.82. The van der Waals surface area contributed by atoms with Crippen molar-refractivity contribution < 1.29 is 9.59 Å². The molecule has 0 spiro atoms. The number of nitrogens with zero attached hydrogens (tertiary/aromatic N) is 1. The largest absolute Gasteiger partial charge is 0.354 e. The molecule has 1 aliphatic heterocycles. The van der Waals surface area contributed by atoms with E-state index in [9.17, 15) is 9.59 Å². The van der Waals surface area contributed by atoms with Gasteiger partial charge in [-0.25, -0.2) is 0 Å². The standard InChI is InChI=1S/C28H30N4O2/c1-4-16-29-27(33)21-12-15-24-23(17-21)25(28(34)31-24)26(20-8-6-5-7-9-20)30-22-13-10-19(11-14-22)18-32(2)3/h5-15,17,30H,4,16,18H2,1-3H3,(H,29,33)(H,31,34). The molecule has 3 N–H and O–H groups in total. The fraction of sp³-hybridized carbons (Fsp3) is 0.214. The van der Waals surface area contributed by atoms with Crippen LogP contribution in [0.3, 0.4) is 0 Å². The number of amides is 2. The van der Waals surface area contributed by atoms with Crippen LogP contribution in [0.2, 0.25) is 0 Å². The van der Waals surface area contributed by atoms with Gasteiger partial charge in [0.25, 0.3) is 11.8 Å². The number of anilines is 2. The summed E-state index contributed by atoms with van der Waals surface area (Å²) < 4.78 is 0. The lowest BCUT2D eigenvalue weighted by molar-refractivity contribution is -0.110. The summed E-state index contributed by atoms with van der Waals surface area (Å²) >= 11 is 0. The first kappa shape index (κ1) is 23.3. The van der Waals surface area contributed by atoms with Gasteiger partial charge in [0.05, 0.1) is 11.3 Å². The van der Waals surface area contributed by atoms with Crippen LogP contribution < -0.4 is 16.0 Å². The fourth-order valence-electron chi connectivity index (χ4n) is 3.98. The van der Waals surface area contributed by atoms with Crippen molar-refractivity contribution in [3.8, 4) is 0 Å². The van der Waals surface area contributed by atoms with Crippen molar-refractivity contribution in [1.82, 2.24) is 10.2 Å². The van der Waals surface area contributed by atoms with E-state index in [4.69, 9.17) is 0 Å². The van der Waals surface area contributed by atoms with Gasteiger partial charge in [0.1, 0.15) is 0 Å². The van der Waals surface area contributed by atoms with Crippen molar-refractivity contribution in [1.29, 1.82) is 0 Å². The smallest absolute Gasteiger partial charge is 0.258 e. The van der Waals surface area contributed by atoms with Gasteiger partial charge in [-0.1, -0.05) is 49.4 Å². The number of carbonyl (C=O) groups is 2. The van der Waals surface area contributed by atoms with Crippen LogP contribution in [0.1, 0.15) is 40.4 Å². The Morgan fingerprint density at radius 1 is 0.941 bits per heavy atom. The van der Waals surface area contributed by atoms with E-state index in [2.05, 4.69) is 33.0 Å². The van der Waals surface area contributed by atoms with Gasteiger partial charge in [0, 0.05) is 35.6 Å². The molecule has 1 heterocycles. The Bertz CT molecular complexity index is 1210. The number of benzene rings is 3. The number of fused-ring (bicyclic) bond motifs is 1. The van der Waals surface area contributed by atoms with Gasteiger partial charge < -0.3 is 20.9 Å². The minimum absolute atomic E-state index is 0.144. The normalized spacial score (nSPS) is 13.9. The second kappa shape index (κ2) is 10.4. The summed E-state index contributed by atoms with van der Waals surface area (Å²) in [7, 11) is 4.08. The average molecular weight is 455 g/mol. The predicted molar refractivity (Wildman–Crippen MR) is 138 cm³/mol. The van der Waals surface area contributed by atoms with E-state index in [0.29, 0.717) is 34.6 Å². The van der Waals surface area contributed by atoms with Crippen LogP contribution in [-0.2, 0) is 11.3 Å². The minimum atomic E-state index is -0.198. The lowest BCUT2D eigenvalue weighted by Crippen LogP contribution is -2.23. The molecule has 3 aromatic carbocycles. The number of carbonyl (C=O) groups excluding carboxylic acids is 2. The van der Waals surface area contributed by atoms with Gasteiger partial charge in [0.15, 0.2) is 0 Å². The summed E-state index contributed by atoms with van der Waals surface area (Å²) in [4.78, 5) is 27.8. The number of nitrogens with one attached hydrogen (secondary N) is 3. The van der Waals surface area contributed by atoms with E-state index in [1.165, 1.54) is 5.56 Å². The van der Waals surface area contributed by atoms with E-state index in [0.717, 1.165) is 24.2 Å². The van der Waals surface area contributed by atoms with Crippen LogP contribution >= 0.6 is 0 Å². The summed E-state index contributed by atoms with van der Waals surface area (Å²) in [5, 5.41) is 9.33. The van der Waals surface area contributed by atoms with Crippen molar-refractivity contribution in [2.45, 2.75) is 19.9 Å². The Morgan fingerprint density at radius 3 is 2.35 bits per heavy atom. The number of hydrogen-bond donors (Lipinski definition) is 3. The van der Waals surface area contributed by atoms with Gasteiger partial charge in [0.2, 0.25) is 0 Å². The monoisotopic (exact) mass is 454 g/mol. The first-order valence-electron chi connectivity index (χ1n) is 11.5. The van der Waals surface area contributed by atoms with Crippen molar-refractivity contribution in [3.05, 3.63) is 95.1 Å². The zero-order valence-electron chi connectivity index (χ0n) is 19.8. The summed E-state index contributed by atoms with van der Waals surface area (Å²) in [6.07, 6.45) is 0.858. The van der Waals surface area contributed by atoms with Gasteiger partial charge in [-0.05, 0) is 62.0 Å². The summed E-state index contributed by atoms with van der Waals surface area (Å²) in [6, 6.07) is 23.3. The quantitative estimate of drug-likeness (QED) is 0.427. The van der Waals surface area contributed by atoms with Crippen molar-refractivity contribution in [2.75, 3.05) is 31.3 Å². The van der Waals surface area contributed by atoms with Crippen LogP contribution in [-0.4, -0.2) is 37.4 Å². The molecule has 174 valence electrons. The summed E-state index contributed by atoms with van der Waals surface area (Å²) in [6.45, 7) is 3.47. The van der Waals surface area contributed by atoms with Crippen LogP contribution in [0, 0.1) is 0 Å². The van der Waals surface area contributed by atoms with Crippen molar-refractivity contribution >= 4 is 34.5 Å². The molecule has 34 heavy (non-hydrogen) atoms. The zero-order valence-corrected chi connectivity index (χ0v) is 19.8. The molecule has 4 rings (SSSR count). The Morgan fingerprint density at radius 2 is 1.68 bits per heavy atom. The molecule has 6 nitrogen and oxygen atoms in total. The third-order valence-corrected chi connectivity index (χ3v) is 5.60. The van der Waals surface area contributed by atoms with Gasteiger partial charge in [-0.15, -0.1) is 0 Å². The number of hydrogen-bond acceptors (Lipinski definition) is 4. The van der Waals surface area contributed by atoms with E-state index in [1.807, 2.05) is 63.5 Å². The Hall–Kier alpha value is -3.90. The molecule has 0 unspecified atom stereocenters. The van der Waals surface area contributed by atoms with Gasteiger partial charge >= 0.3 is 0 Å². The number of rotatable bonds is 8. The Kier molecular flexibility index (Phi) is 7.09. The first-order valence-corrected chi connectivity index (χ1v) is 11.5. The van der Waals surface area contributed by atoms with E-state index >= 15 is 0 Å². The minimum Gasteiger partial charge on any atom is -0.354 e. The molecule has 0 saturated heterocycles. The molecule has 0 aliphatic carbocycles. The SMILES string of the molecule is CCCNC(=O)c1ccc2c(c1)C(=C(Nc1ccc(CN(C)C)cc1)c1ccccc1)C(=O)N2. The molecule has 0 saturated carbocycles. The Balaban J connectivity index is 1.77. The van der Waals surface area contributed by atoms with E-state index in [-0.39, 0.29) is 11.8 Å². The summed E-state index contributed by atoms with van der Waals surface area (Å²) in [5.41, 5.74) is 6.13. The van der Waals surface area contributed by atoms with Crippen LogP contribution in [0.25, 0.3) is 11.3 Å². The van der Waals surface area contributed by atoms with Crippen molar-refractivity contribution in [3.63, 3.8) is 0 Å². The molecular formula is C28H30N4O2. The molecular weight excluding hydrogens is 424 g/mol. The maximum Gasteiger partial charge on any atom is 0.258 e. The summed E-state index contributed by atoms with van der Waals surface area (Å²) in [5.74, 6) is -0.342. The average Bonchev–Trinajstić information content (AvgIpc) is 3.17. The highest BCUT2D eigenvalue weighted by Crippen LogP contribution is 2.38. The van der Waals surface area contributed by atoms with Crippen LogP contribution in [0.15, 0.2) is 72.8 Å². The van der Waals surface area contributed by atoms with Gasteiger partial charge in [-0.2, -0.15) is 0 Å². The molecule has 1 aliphatic rings. The first-order chi connectivity index (χ1) is 16.5. The second-order valence-corrected chi connectivity index (χ2v) is 8.65. The molecule has 0 bridgehead atoms. The zero-order chi connectivity index (χ0) is 24.1. The topological polar surface area (TPSA) is 73.5 Å². The highest BCUT2D eigenvalue weighted by atomic mass is 16.2. The van der Waals surface area contributed by atoms with Crippen LogP contribution in [0.4, 0.5) is 11.4 Å². The molecule has 2 amide bonds. The second-order valence-electron chi connectivity index (χ2n) is 8.65. The molecule has 0 fully saturated rings. The maximum absolute atomic E-state index is 13.1. The van der Waals surface area contributed by atoms with Gasteiger partial charge in [-0.3, -0.25) is 9.59 Å². The van der Waals surface area contributed by atoms with Crippen molar-refractivity contribution in [2.24, 2.45) is 0 Å². The van der Waals surface area contributed by atoms with E-state index < -0.39 is 0 Å². The third kappa shape index (κ3) is 5.18. The molecule has 0 atom stereocenters. The maximum atomic E-state index is 13.1. The highest BCUT2D eigenvalue weighted by molar-refractivity contribution is 6.37. The lowest BCUT2D eigenvalue weighted by atomic mass is 9.98. The molecule has 3 aromatic rings. The fourth-order valence-corrected chi connectivity index (χ4v) is 3.98. The van der Waals surface area contributed by atoms with E-state index in [1.54, 1.807) is 18.2 Å².